The summed E-state index contributed by atoms with van der Waals surface area (Å²) < 4.78 is 15.1. The molecule has 0 atom stereocenters. The van der Waals surface area contributed by atoms with Crippen LogP contribution in [-0.2, 0) is 6.54 Å². The van der Waals surface area contributed by atoms with Crippen molar-refractivity contribution >= 4 is 21.6 Å². The summed E-state index contributed by atoms with van der Waals surface area (Å²) in [6, 6.07) is 5.85. The molecule has 0 aliphatic heterocycles. The largest absolute Gasteiger partial charge is 0.397 e. The Balaban J connectivity index is 2.49. The van der Waals surface area contributed by atoms with E-state index in [1.165, 1.54) is 16.8 Å². The summed E-state index contributed by atoms with van der Waals surface area (Å²) >= 11 is 3.20. The van der Waals surface area contributed by atoms with E-state index < -0.39 is 5.82 Å². The van der Waals surface area contributed by atoms with Gasteiger partial charge >= 0.3 is 0 Å². The molecule has 0 amide bonds. The van der Waals surface area contributed by atoms with Crippen LogP contribution in [0.3, 0.4) is 0 Å². The van der Waals surface area contributed by atoms with Gasteiger partial charge in [0.15, 0.2) is 0 Å². The number of halogens is 2. The number of pyridine rings is 1. The number of hydrogen-bond acceptors (Lipinski definition) is 3. The van der Waals surface area contributed by atoms with Crippen LogP contribution in [0.25, 0.3) is 0 Å². The Kier molecular flexibility index (Phi) is 3.91. The van der Waals surface area contributed by atoms with Crippen LogP contribution in [0.5, 0.6) is 0 Å². The van der Waals surface area contributed by atoms with Crippen LogP contribution in [0.4, 0.5) is 10.1 Å². The highest BCUT2D eigenvalue weighted by molar-refractivity contribution is 9.10. The average Bonchev–Trinajstić information content (AvgIpc) is 2.41. The zero-order valence-electron chi connectivity index (χ0n) is 10.7. The van der Waals surface area contributed by atoms with Crippen molar-refractivity contribution in [1.82, 2.24) is 4.57 Å². The van der Waals surface area contributed by atoms with E-state index in [4.69, 9.17) is 11.0 Å². The van der Waals surface area contributed by atoms with Crippen LogP contribution in [0.15, 0.2) is 33.7 Å². The van der Waals surface area contributed by atoms with Crippen molar-refractivity contribution in [1.29, 1.82) is 5.26 Å². The molecule has 2 rings (SSSR count). The van der Waals surface area contributed by atoms with Crippen molar-refractivity contribution in [3.8, 4) is 6.07 Å². The third-order valence-electron chi connectivity index (χ3n) is 2.95. The molecule has 0 aliphatic rings. The van der Waals surface area contributed by atoms with E-state index in [-0.39, 0.29) is 17.7 Å². The number of nitrogen functional groups attached to an aromatic ring is 1. The summed E-state index contributed by atoms with van der Waals surface area (Å²) in [4.78, 5) is 12.1. The minimum absolute atomic E-state index is 0.147. The lowest BCUT2D eigenvalue weighted by molar-refractivity contribution is 0.622. The van der Waals surface area contributed by atoms with E-state index in [1.54, 1.807) is 13.0 Å². The Morgan fingerprint density at radius 2 is 2.15 bits per heavy atom. The lowest BCUT2D eigenvalue weighted by Crippen LogP contribution is -2.22. The maximum absolute atomic E-state index is 13.4. The van der Waals surface area contributed by atoms with Gasteiger partial charge in [-0.15, -0.1) is 0 Å². The van der Waals surface area contributed by atoms with E-state index in [0.29, 0.717) is 21.3 Å². The highest BCUT2D eigenvalue weighted by Crippen LogP contribution is 2.18. The van der Waals surface area contributed by atoms with Gasteiger partial charge in [-0.3, -0.25) is 4.79 Å². The fourth-order valence-corrected chi connectivity index (χ4v) is 2.31. The molecule has 102 valence electrons. The topological polar surface area (TPSA) is 71.8 Å². The molecule has 0 saturated carbocycles. The molecule has 0 bridgehead atoms. The first-order valence-corrected chi connectivity index (χ1v) is 6.56. The van der Waals surface area contributed by atoms with Gasteiger partial charge in [0, 0.05) is 6.20 Å². The van der Waals surface area contributed by atoms with E-state index in [1.807, 2.05) is 6.07 Å². The normalized spacial score (nSPS) is 10.3. The molecule has 0 radical (unpaired) electrons. The van der Waals surface area contributed by atoms with Crippen molar-refractivity contribution in [3.05, 3.63) is 61.7 Å². The predicted molar refractivity (Wildman–Crippen MR) is 77.8 cm³/mol. The molecule has 0 unspecified atom stereocenters. The zero-order valence-corrected chi connectivity index (χ0v) is 12.2. The Labute approximate surface area is 123 Å². The number of hydrogen-bond donors (Lipinski definition) is 1. The van der Waals surface area contributed by atoms with Crippen LogP contribution in [0, 0.1) is 24.1 Å². The Bertz CT molecular complexity index is 777. The van der Waals surface area contributed by atoms with Crippen molar-refractivity contribution in [2.24, 2.45) is 0 Å². The summed E-state index contributed by atoms with van der Waals surface area (Å²) in [7, 11) is 0. The third-order valence-corrected chi connectivity index (χ3v) is 3.88. The molecule has 1 heterocycles. The number of nitrogens with zero attached hydrogens (tertiary/aromatic N) is 2. The van der Waals surface area contributed by atoms with Gasteiger partial charge in [-0.2, -0.15) is 5.26 Å². The maximum Gasteiger partial charge on any atom is 0.265 e. The van der Waals surface area contributed by atoms with Crippen LogP contribution in [0.1, 0.15) is 16.7 Å². The molecule has 2 aromatic rings. The summed E-state index contributed by atoms with van der Waals surface area (Å²) in [5, 5.41) is 8.82. The second kappa shape index (κ2) is 5.47. The predicted octanol–water partition coefficient (Wildman–Crippen LogP) is 2.56. The summed E-state index contributed by atoms with van der Waals surface area (Å²) in [5.74, 6) is -0.508. The number of aromatic nitrogens is 1. The molecule has 0 spiro atoms. The minimum Gasteiger partial charge on any atom is -0.397 e. The first-order valence-electron chi connectivity index (χ1n) is 5.77. The molecule has 1 aromatic carbocycles. The maximum atomic E-state index is 13.4. The van der Waals surface area contributed by atoms with Crippen LogP contribution >= 0.6 is 15.9 Å². The molecule has 1 aromatic heterocycles. The van der Waals surface area contributed by atoms with Crippen molar-refractivity contribution in [2.45, 2.75) is 13.5 Å². The SMILES string of the molecule is Cc1c(N)cn(Cc2cc(F)cc(C#N)c2)c(=O)c1Br. The third kappa shape index (κ3) is 2.73. The summed E-state index contributed by atoms with van der Waals surface area (Å²) in [6.45, 7) is 1.88. The van der Waals surface area contributed by atoms with Gasteiger partial charge < -0.3 is 10.3 Å². The quantitative estimate of drug-likeness (QED) is 0.916. The molecule has 0 saturated heterocycles. The molecule has 0 fully saturated rings. The van der Waals surface area contributed by atoms with Crippen molar-refractivity contribution in [3.63, 3.8) is 0 Å². The van der Waals surface area contributed by atoms with Gasteiger partial charge in [-0.05, 0) is 52.2 Å². The van der Waals surface area contributed by atoms with Gasteiger partial charge in [0.05, 0.1) is 28.3 Å². The number of benzene rings is 1. The minimum atomic E-state index is -0.508. The van der Waals surface area contributed by atoms with Gasteiger partial charge in [-0.1, -0.05) is 0 Å². The van der Waals surface area contributed by atoms with E-state index >= 15 is 0 Å². The number of nitriles is 1. The molecule has 4 nitrogen and oxygen atoms in total. The summed E-state index contributed by atoms with van der Waals surface area (Å²) in [6.07, 6.45) is 1.51. The van der Waals surface area contributed by atoms with E-state index in [0.717, 1.165) is 6.07 Å². The Morgan fingerprint density at radius 1 is 1.45 bits per heavy atom. The molecular weight excluding hydrogens is 325 g/mol. The second-order valence-electron chi connectivity index (χ2n) is 4.42. The standard InChI is InChI=1S/C14H11BrFN3O/c1-8-12(18)7-19(14(20)13(8)15)6-10-2-9(5-17)3-11(16)4-10/h2-4,7H,6,18H2,1H3. The average molecular weight is 336 g/mol. The number of nitrogens with two attached hydrogens (primary N) is 1. The number of rotatable bonds is 2. The van der Waals surface area contributed by atoms with Crippen molar-refractivity contribution < 1.29 is 4.39 Å². The molecule has 0 aliphatic carbocycles. The monoisotopic (exact) mass is 335 g/mol. The van der Waals surface area contributed by atoms with Crippen molar-refractivity contribution in [2.75, 3.05) is 5.73 Å². The fraction of sp³-hybridized carbons (Fsp3) is 0.143. The van der Waals surface area contributed by atoms with Crippen LogP contribution in [-0.4, -0.2) is 4.57 Å². The first kappa shape index (κ1) is 14.3. The van der Waals surface area contributed by atoms with Gasteiger partial charge in [0.25, 0.3) is 5.56 Å². The second-order valence-corrected chi connectivity index (χ2v) is 5.21. The van der Waals surface area contributed by atoms with E-state index in [9.17, 15) is 9.18 Å². The Hall–Kier alpha value is -2.13. The highest BCUT2D eigenvalue weighted by Gasteiger charge is 2.09. The highest BCUT2D eigenvalue weighted by atomic mass is 79.9. The van der Waals surface area contributed by atoms with Gasteiger partial charge in [0.2, 0.25) is 0 Å². The summed E-state index contributed by atoms with van der Waals surface area (Å²) in [5.41, 5.74) is 7.44. The van der Waals surface area contributed by atoms with Crippen LogP contribution in [0.2, 0.25) is 0 Å². The van der Waals surface area contributed by atoms with Gasteiger partial charge in [-0.25, -0.2) is 4.39 Å². The van der Waals surface area contributed by atoms with Gasteiger partial charge in [0.1, 0.15) is 5.82 Å². The molecule has 20 heavy (non-hydrogen) atoms. The molecule has 2 N–H and O–H groups in total. The van der Waals surface area contributed by atoms with Crippen LogP contribution < -0.4 is 11.3 Å². The first-order chi connectivity index (χ1) is 9.42. The Morgan fingerprint density at radius 3 is 2.80 bits per heavy atom. The lowest BCUT2D eigenvalue weighted by Gasteiger charge is -2.11. The number of anilines is 1. The fourth-order valence-electron chi connectivity index (χ4n) is 1.86. The zero-order chi connectivity index (χ0) is 14.9. The molecular formula is C14H11BrFN3O. The molecule has 6 heteroatoms. The smallest absolute Gasteiger partial charge is 0.265 e. The lowest BCUT2D eigenvalue weighted by atomic mass is 10.1. The van der Waals surface area contributed by atoms with E-state index in [2.05, 4.69) is 15.9 Å².